The van der Waals surface area contributed by atoms with Gasteiger partial charge in [0.2, 0.25) is 10.0 Å². The Kier molecular flexibility index (Phi) is 5.68. The first-order chi connectivity index (χ1) is 9.36. The number of nitrogens with zero attached hydrogens (tertiary/aromatic N) is 2. The molecule has 1 aromatic rings. The van der Waals surface area contributed by atoms with E-state index in [9.17, 15) is 18.5 Å². The first-order valence-corrected chi connectivity index (χ1v) is 7.76. The Morgan fingerprint density at radius 3 is 2.38 bits per heavy atom. The lowest BCUT2D eigenvalue weighted by Gasteiger charge is -2.20. The minimum Gasteiger partial charge on any atom is -0.330 e. The summed E-state index contributed by atoms with van der Waals surface area (Å²) < 4.78 is 26.4. The van der Waals surface area contributed by atoms with Gasteiger partial charge in [-0.05, 0) is 37.9 Å². The molecule has 1 heterocycles. The van der Waals surface area contributed by atoms with Gasteiger partial charge in [0.1, 0.15) is 0 Å². The van der Waals surface area contributed by atoms with E-state index in [-0.39, 0.29) is 34.9 Å². The second kappa shape index (κ2) is 6.69. The number of rotatable bonds is 4. The van der Waals surface area contributed by atoms with Gasteiger partial charge in [-0.3, -0.25) is 10.1 Å². The van der Waals surface area contributed by atoms with Crippen molar-refractivity contribution >= 4 is 28.1 Å². The molecule has 1 aromatic carbocycles. The van der Waals surface area contributed by atoms with Crippen LogP contribution in [0.5, 0.6) is 0 Å². The third kappa shape index (κ3) is 3.52. The number of hydrogen-bond donors (Lipinski definition) is 1. The summed E-state index contributed by atoms with van der Waals surface area (Å²) in [6, 6.07) is 4.84. The lowest BCUT2D eigenvalue weighted by atomic mass is 10.1. The third-order valence-corrected chi connectivity index (χ3v) is 5.59. The molecule has 0 saturated carbocycles. The molecule has 2 unspecified atom stereocenters. The highest BCUT2D eigenvalue weighted by Crippen LogP contribution is 2.29. The van der Waals surface area contributed by atoms with Crippen molar-refractivity contribution < 1.29 is 13.3 Å². The van der Waals surface area contributed by atoms with Crippen molar-refractivity contribution in [1.82, 2.24) is 4.31 Å². The number of hydrogen-bond acceptors (Lipinski definition) is 5. The Hall–Kier alpha value is -1.22. The van der Waals surface area contributed by atoms with Crippen molar-refractivity contribution in [2.24, 2.45) is 11.7 Å². The molecule has 0 radical (unpaired) electrons. The van der Waals surface area contributed by atoms with Crippen molar-refractivity contribution in [3.05, 3.63) is 34.4 Å². The van der Waals surface area contributed by atoms with Crippen LogP contribution in [0, 0.1) is 16.0 Å². The standard InChI is InChI=1S/C12H17N3O4S.ClH/c1-9-6-10(7-13)8-14(9)20(18,19)12-4-2-11(3-5-12)15(16)17;/h2-5,9-10H,6-8,13H2,1H3;1H. The molecule has 0 amide bonds. The van der Waals surface area contributed by atoms with E-state index in [1.54, 1.807) is 0 Å². The van der Waals surface area contributed by atoms with Crippen LogP contribution in [0.25, 0.3) is 0 Å². The Morgan fingerprint density at radius 2 is 1.95 bits per heavy atom. The van der Waals surface area contributed by atoms with E-state index in [0.717, 1.165) is 6.42 Å². The molecular formula is C12H18ClN3O4S. The van der Waals surface area contributed by atoms with Crippen LogP contribution in [0.2, 0.25) is 0 Å². The highest BCUT2D eigenvalue weighted by Gasteiger charge is 2.37. The van der Waals surface area contributed by atoms with Crippen LogP contribution in [0.4, 0.5) is 5.69 Å². The molecule has 1 aliphatic heterocycles. The molecule has 2 atom stereocenters. The normalized spacial score (nSPS) is 22.8. The number of nitrogens with two attached hydrogens (primary N) is 1. The van der Waals surface area contributed by atoms with E-state index in [0.29, 0.717) is 13.1 Å². The smallest absolute Gasteiger partial charge is 0.269 e. The van der Waals surface area contributed by atoms with Crippen LogP contribution in [-0.4, -0.2) is 36.8 Å². The van der Waals surface area contributed by atoms with Gasteiger partial charge >= 0.3 is 0 Å². The fourth-order valence-corrected chi connectivity index (χ4v) is 4.21. The van der Waals surface area contributed by atoms with Gasteiger partial charge in [0.25, 0.3) is 5.69 Å². The minimum atomic E-state index is -3.62. The Balaban J connectivity index is 0.00000220. The molecule has 0 aromatic heterocycles. The molecular weight excluding hydrogens is 318 g/mol. The molecule has 21 heavy (non-hydrogen) atoms. The van der Waals surface area contributed by atoms with Crippen molar-refractivity contribution in [2.75, 3.05) is 13.1 Å². The predicted molar refractivity (Wildman–Crippen MR) is 80.9 cm³/mol. The van der Waals surface area contributed by atoms with Gasteiger partial charge in [-0.15, -0.1) is 12.4 Å². The van der Waals surface area contributed by atoms with Gasteiger partial charge in [0.05, 0.1) is 9.82 Å². The van der Waals surface area contributed by atoms with E-state index in [4.69, 9.17) is 5.73 Å². The van der Waals surface area contributed by atoms with Crippen molar-refractivity contribution in [3.63, 3.8) is 0 Å². The highest BCUT2D eigenvalue weighted by molar-refractivity contribution is 7.89. The maximum atomic E-state index is 12.5. The summed E-state index contributed by atoms with van der Waals surface area (Å²) in [5.74, 6) is 0.165. The fraction of sp³-hybridized carbons (Fsp3) is 0.500. The topological polar surface area (TPSA) is 107 Å². The summed E-state index contributed by atoms with van der Waals surface area (Å²) in [4.78, 5) is 10.1. The fourth-order valence-electron chi connectivity index (χ4n) is 2.49. The number of non-ortho nitro benzene ring substituents is 1. The molecule has 2 rings (SSSR count). The number of benzene rings is 1. The van der Waals surface area contributed by atoms with E-state index in [2.05, 4.69) is 0 Å². The number of sulfonamides is 1. The molecule has 1 saturated heterocycles. The van der Waals surface area contributed by atoms with Crippen LogP contribution in [0.1, 0.15) is 13.3 Å². The zero-order valence-electron chi connectivity index (χ0n) is 11.5. The molecule has 2 N–H and O–H groups in total. The van der Waals surface area contributed by atoms with E-state index >= 15 is 0 Å². The summed E-state index contributed by atoms with van der Waals surface area (Å²) in [5, 5.41) is 10.6. The quantitative estimate of drug-likeness (QED) is 0.660. The van der Waals surface area contributed by atoms with Gasteiger partial charge in [0.15, 0.2) is 0 Å². The monoisotopic (exact) mass is 335 g/mol. The van der Waals surface area contributed by atoms with Gasteiger partial charge in [-0.25, -0.2) is 8.42 Å². The van der Waals surface area contributed by atoms with E-state index in [1.165, 1.54) is 28.6 Å². The Bertz CT molecular complexity index is 605. The van der Waals surface area contributed by atoms with E-state index in [1.807, 2.05) is 6.92 Å². The molecule has 1 fully saturated rings. The van der Waals surface area contributed by atoms with Crippen LogP contribution in [0.15, 0.2) is 29.2 Å². The van der Waals surface area contributed by atoms with Gasteiger partial charge in [-0.1, -0.05) is 0 Å². The maximum absolute atomic E-state index is 12.5. The average Bonchev–Trinajstić information content (AvgIpc) is 2.81. The van der Waals surface area contributed by atoms with Gasteiger partial charge in [0, 0.05) is 24.7 Å². The largest absolute Gasteiger partial charge is 0.330 e. The molecule has 1 aliphatic rings. The van der Waals surface area contributed by atoms with Gasteiger partial charge in [-0.2, -0.15) is 4.31 Å². The molecule has 0 bridgehead atoms. The summed E-state index contributed by atoms with van der Waals surface area (Å²) in [6.07, 6.45) is 0.739. The van der Waals surface area contributed by atoms with Gasteiger partial charge < -0.3 is 5.73 Å². The number of nitro groups is 1. The summed E-state index contributed by atoms with van der Waals surface area (Å²) in [7, 11) is -3.62. The summed E-state index contributed by atoms with van der Waals surface area (Å²) >= 11 is 0. The number of halogens is 1. The lowest BCUT2D eigenvalue weighted by Crippen LogP contribution is -2.34. The van der Waals surface area contributed by atoms with Crippen LogP contribution >= 0.6 is 12.4 Å². The Morgan fingerprint density at radius 1 is 1.38 bits per heavy atom. The van der Waals surface area contributed by atoms with Crippen molar-refractivity contribution in [3.8, 4) is 0 Å². The van der Waals surface area contributed by atoms with Crippen LogP contribution in [-0.2, 0) is 10.0 Å². The summed E-state index contributed by atoms with van der Waals surface area (Å²) in [6.45, 7) is 2.70. The lowest BCUT2D eigenvalue weighted by molar-refractivity contribution is -0.384. The van der Waals surface area contributed by atoms with Crippen LogP contribution in [0.3, 0.4) is 0 Å². The molecule has 9 heteroatoms. The van der Waals surface area contributed by atoms with Crippen molar-refractivity contribution in [2.45, 2.75) is 24.3 Å². The number of nitro benzene ring substituents is 1. The van der Waals surface area contributed by atoms with Crippen molar-refractivity contribution in [1.29, 1.82) is 0 Å². The molecule has 7 nitrogen and oxygen atoms in total. The maximum Gasteiger partial charge on any atom is 0.269 e. The summed E-state index contributed by atoms with van der Waals surface area (Å²) in [5.41, 5.74) is 5.47. The third-order valence-electron chi connectivity index (χ3n) is 3.59. The average molecular weight is 336 g/mol. The zero-order valence-corrected chi connectivity index (χ0v) is 13.1. The molecule has 118 valence electrons. The zero-order chi connectivity index (χ0) is 14.9. The second-order valence-electron chi connectivity index (χ2n) is 5.01. The Labute approximate surface area is 129 Å². The molecule has 0 spiro atoms. The van der Waals surface area contributed by atoms with Crippen LogP contribution < -0.4 is 5.73 Å². The van der Waals surface area contributed by atoms with E-state index < -0.39 is 14.9 Å². The predicted octanol–water partition coefficient (Wildman–Crippen LogP) is 1.37. The SMILES string of the molecule is CC1CC(CN)CN1S(=O)(=O)c1ccc([N+](=O)[O-])cc1.Cl. The minimum absolute atomic E-state index is 0. The first kappa shape index (κ1) is 17.8. The molecule has 0 aliphatic carbocycles. The first-order valence-electron chi connectivity index (χ1n) is 6.32. The highest BCUT2D eigenvalue weighted by atomic mass is 35.5. The second-order valence-corrected chi connectivity index (χ2v) is 6.90.